The molecular formula is C11H9NO. The summed E-state index contributed by atoms with van der Waals surface area (Å²) >= 11 is 0. The number of hydrogen-bond acceptors (Lipinski definition) is 1. The third kappa shape index (κ3) is 1.26. The first-order valence-corrected chi connectivity index (χ1v) is 4.03. The lowest BCUT2D eigenvalue weighted by atomic mass is 10.0. The summed E-state index contributed by atoms with van der Waals surface area (Å²) in [5.41, 5.74) is 2.42. The second kappa shape index (κ2) is 2.90. The van der Waals surface area contributed by atoms with Gasteiger partial charge in [-0.15, -0.1) is 0 Å². The highest BCUT2D eigenvalue weighted by molar-refractivity contribution is 6.06. The van der Waals surface area contributed by atoms with E-state index >= 15 is 0 Å². The highest BCUT2D eigenvalue weighted by Gasteiger charge is 2.03. The molecule has 0 aliphatic carbocycles. The van der Waals surface area contributed by atoms with Gasteiger partial charge in [-0.05, 0) is 16.8 Å². The maximum Gasteiger partial charge on any atom is 0.249 e. The Morgan fingerprint density at radius 2 is 1.92 bits per heavy atom. The predicted molar refractivity (Wildman–Crippen MR) is 52.5 cm³/mol. The van der Waals surface area contributed by atoms with Crippen LogP contribution in [-0.4, -0.2) is 5.91 Å². The van der Waals surface area contributed by atoms with E-state index < -0.39 is 0 Å². The van der Waals surface area contributed by atoms with Gasteiger partial charge in [0.05, 0.1) is 0 Å². The van der Waals surface area contributed by atoms with Gasteiger partial charge in [-0.1, -0.05) is 36.4 Å². The largest absolute Gasteiger partial charge is 0.366 e. The van der Waals surface area contributed by atoms with Crippen LogP contribution >= 0.6 is 0 Å². The van der Waals surface area contributed by atoms with E-state index in [1.165, 1.54) is 0 Å². The third-order valence-corrected chi connectivity index (χ3v) is 2.03. The van der Waals surface area contributed by atoms with Crippen LogP contribution in [0.1, 0.15) is 10.4 Å². The number of hydrogen-bond donors (Lipinski definition) is 1. The Balaban J connectivity index is 2.71. The summed E-state index contributed by atoms with van der Waals surface area (Å²) in [6.07, 6.45) is 0. The molecule has 2 aromatic rings. The van der Waals surface area contributed by atoms with Crippen molar-refractivity contribution in [2.75, 3.05) is 0 Å². The second-order valence-electron chi connectivity index (χ2n) is 2.86. The second-order valence-corrected chi connectivity index (χ2v) is 2.86. The maximum absolute atomic E-state index is 11.3. The molecule has 0 heterocycles. The Morgan fingerprint density at radius 3 is 2.77 bits per heavy atom. The number of amides is 1. The topological polar surface area (TPSA) is 43.1 Å². The van der Waals surface area contributed by atoms with E-state index in [2.05, 4.69) is 0 Å². The lowest BCUT2D eigenvalue weighted by Gasteiger charge is -2.01. The summed E-state index contributed by atoms with van der Waals surface area (Å²) in [4.78, 5) is 11.3. The van der Waals surface area contributed by atoms with E-state index in [-0.39, 0.29) is 5.91 Å². The first-order valence-electron chi connectivity index (χ1n) is 4.53. The van der Waals surface area contributed by atoms with Crippen molar-refractivity contribution in [3.05, 3.63) is 48.0 Å². The molecule has 0 fully saturated rings. The monoisotopic (exact) mass is 172 g/mol. The third-order valence-electron chi connectivity index (χ3n) is 2.03. The molecule has 0 spiro atoms. The molecule has 2 rings (SSSR count). The van der Waals surface area contributed by atoms with Crippen LogP contribution in [0.4, 0.5) is 0 Å². The molecule has 0 aliphatic heterocycles. The van der Waals surface area contributed by atoms with Gasteiger partial charge in [-0.3, -0.25) is 4.79 Å². The van der Waals surface area contributed by atoms with Gasteiger partial charge in [0.2, 0.25) is 5.91 Å². The van der Waals surface area contributed by atoms with Crippen molar-refractivity contribution in [3.63, 3.8) is 0 Å². The highest BCUT2D eigenvalue weighted by atomic mass is 16.1. The molecule has 0 aliphatic rings. The summed E-state index contributed by atoms with van der Waals surface area (Å²) in [6, 6.07) is 13.1. The van der Waals surface area contributed by atoms with Crippen molar-refractivity contribution in [2.45, 2.75) is 0 Å². The maximum atomic E-state index is 11.3. The van der Waals surface area contributed by atoms with E-state index in [0.717, 1.165) is 10.8 Å². The quantitative estimate of drug-likeness (QED) is 0.701. The molecule has 0 radical (unpaired) electrons. The zero-order valence-electron chi connectivity index (χ0n) is 7.95. The summed E-state index contributed by atoms with van der Waals surface area (Å²) < 4.78 is 6.82. The molecular weight excluding hydrogens is 162 g/mol. The number of fused-ring (bicyclic) bond motifs is 1. The molecule has 2 nitrogen and oxygen atoms in total. The Labute approximate surface area is 77.4 Å². The number of nitrogens with two attached hydrogens (primary N) is 1. The SMILES string of the molecule is [2H]NC(=O)c1cccc2ccccc12. The first-order chi connectivity index (χ1) is 6.83. The van der Waals surface area contributed by atoms with Crippen LogP contribution in [0.2, 0.25) is 1.41 Å². The molecule has 2 N–H and O–H groups in total. The van der Waals surface area contributed by atoms with Crippen molar-refractivity contribution in [3.8, 4) is 0 Å². The molecule has 0 saturated carbocycles. The first kappa shape index (κ1) is 6.66. The van der Waals surface area contributed by atoms with E-state index in [1.54, 1.807) is 6.07 Å². The van der Waals surface area contributed by atoms with Crippen LogP contribution in [-0.2, 0) is 0 Å². The Hall–Kier alpha value is -1.83. The van der Waals surface area contributed by atoms with Crippen molar-refractivity contribution in [1.29, 1.82) is 0 Å². The van der Waals surface area contributed by atoms with Crippen molar-refractivity contribution in [1.82, 2.24) is 0 Å². The Kier molecular flexibility index (Phi) is 1.49. The lowest BCUT2D eigenvalue weighted by Crippen LogP contribution is -2.11. The fraction of sp³-hybridized carbons (Fsp3) is 0. The molecule has 13 heavy (non-hydrogen) atoms. The molecule has 0 aromatic heterocycles. The van der Waals surface area contributed by atoms with Crippen LogP contribution in [0.5, 0.6) is 0 Å². The van der Waals surface area contributed by atoms with Gasteiger partial charge >= 0.3 is 0 Å². The summed E-state index contributed by atoms with van der Waals surface area (Å²) in [6.45, 7) is 0. The molecule has 2 heteroatoms. The summed E-state index contributed by atoms with van der Waals surface area (Å²) in [7, 11) is 0. The van der Waals surface area contributed by atoms with Gasteiger partial charge in [0.15, 0.2) is 1.41 Å². The standard InChI is InChI=1S/C11H9NO/c12-11(13)10-7-3-5-8-4-1-2-6-9(8)10/h1-7H,(H2,12,13)/i/hD. The van der Waals surface area contributed by atoms with E-state index in [4.69, 9.17) is 1.41 Å². The number of benzene rings is 2. The number of rotatable bonds is 1. The zero-order valence-corrected chi connectivity index (χ0v) is 6.95. The zero-order chi connectivity index (χ0) is 9.97. The van der Waals surface area contributed by atoms with Crippen LogP contribution in [0.3, 0.4) is 0 Å². The molecule has 0 bridgehead atoms. The molecule has 1 amide bonds. The predicted octanol–water partition coefficient (Wildman–Crippen LogP) is 1.94. The smallest absolute Gasteiger partial charge is 0.249 e. The normalized spacial score (nSPS) is 10.9. The van der Waals surface area contributed by atoms with Gasteiger partial charge < -0.3 is 5.73 Å². The minimum Gasteiger partial charge on any atom is -0.366 e. The van der Waals surface area contributed by atoms with Gasteiger partial charge in [-0.2, -0.15) is 0 Å². The number of primary amides is 1. The molecule has 0 atom stereocenters. The van der Waals surface area contributed by atoms with Crippen LogP contribution < -0.4 is 5.73 Å². The van der Waals surface area contributed by atoms with Crippen molar-refractivity contribution in [2.24, 2.45) is 5.73 Å². The Morgan fingerprint density at radius 1 is 1.15 bits per heavy atom. The lowest BCUT2D eigenvalue weighted by molar-refractivity contribution is 0.100. The number of carbonyl (C=O) groups is 1. The van der Waals surface area contributed by atoms with Gasteiger partial charge in [0, 0.05) is 5.56 Å². The van der Waals surface area contributed by atoms with E-state index in [0.29, 0.717) is 5.56 Å². The molecule has 0 saturated heterocycles. The van der Waals surface area contributed by atoms with E-state index in [1.807, 2.05) is 42.1 Å². The van der Waals surface area contributed by atoms with Gasteiger partial charge in [-0.25, -0.2) is 0 Å². The molecule has 2 aromatic carbocycles. The van der Waals surface area contributed by atoms with Crippen molar-refractivity contribution >= 4 is 16.7 Å². The number of carbonyl (C=O) groups excluding carboxylic acids is 1. The van der Waals surface area contributed by atoms with Crippen LogP contribution in [0, 0.1) is 0 Å². The molecule has 64 valence electrons. The minimum atomic E-state index is -0.373. The van der Waals surface area contributed by atoms with Gasteiger partial charge in [0.25, 0.3) is 0 Å². The van der Waals surface area contributed by atoms with E-state index in [9.17, 15) is 4.79 Å². The van der Waals surface area contributed by atoms with Crippen LogP contribution in [0.25, 0.3) is 10.8 Å². The molecule has 0 unspecified atom stereocenters. The summed E-state index contributed by atoms with van der Waals surface area (Å²) in [5, 5.41) is 1.88. The van der Waals surface area contributed by atoms with Crippen LogP contribution in [0.15, 0.2) is 42.5 Å². The fourth-order valence-electron chi connectivity index (χ4n) is 1.42. The highest BCUT2D eigenvalue weighted by Crippen LogP contribution is 2.17. The van der Waals surface area contributed by atoms with Crippen molar-refractivity contribution < 1.29 is 6.21 Å². The summed E-state index contributed by atoms with van der Waals surface area (Å²) in [5.74, 6) is -0.373. The fourth-order valence-corrected chi connectivity index (χ4v) is 1.42. The minimum absolute atomic E-state index is 0.373. The average molecular weight is 172 g/mol. The van der Waals surface area contributed by atoms with Gasteiger partial charge in [0.1, 0.15) is 0 Å². The Bertz CT molecular complexity index is 476. The average Bonchev–Trinajstić information content (AvgIpc) is 2.27.